The van der Waals surface area contributed by atoms with Crippen molar-refractivity contribution in [2.45, 2.75) is 73.0 Å². The molecule has 39 heavy (non-hydrogen) atoms. The molecule has 0 aromatic heterocycles. The normalized spacial score (nSPS) is 18.6. The zero-order chi connectivity index (χ0) is 29.6. The summed E-state index contributed by atoms with van der Waals surface area (Å²) >= 11 is 5.72. The molecule has 0 aromatic carbocycles. The van der Waals surface area contributed by atoms with Gasteiger partial charge in [0, 0.05) is 42.5 Å². The second-order valence-corrected chi connectivity index (χ2v) is 11.0. The predicted octanol–water partition coefficient (Wildman–Crippen LogP) is 5.18. The molecule has 1 aliphatic rings. The third-order valence-electron chi connectivity index (χ3n) is 5.76. The first-order valence-corrected chi connectivity index (χ1v) is 13.2. The summed E-state index contributed by atoms with van der Waals surface area (Å²) in [5.74, 6) is -1.08. The minimum atomic E-state index is -0.797. The third-order valence-corrected chi connectivity index (χ3v) is 5.91. The van der Waals surface area contributed by atoms with Gasteiger partial charge in [0.05, 0.1) is 7.11 Å². The van der Waals surface area contributed by atoms with Crippen molar-refractivity contribution in [3.05, 3.63) is 71.2 Å². The number of methoxy groups -OCH3 is 1. The first-order chi connectivity index (χ1) is 18.2. The molecule has 2 N–H and O–H groups in total. The molecule has 0 fully saturated rings. The van der Waals surface area contributed by atoms with Gasteiger partial charge in [-0.2, -0.15) is 0 Å². The van der Waals surface area contributed by atoms with Gasteiger partial charge in [-0.3, -0.25) is 14.4 Å². The summed E-state index contributed by atoms with van der Waals surface area (Å²) < 4.78 is 10.4. The number of nitrogens with one attached hydrogen (secondary N) is 2. The van der Waals surface area contributed by atoms with Gasteiger partial charge in [-0.15, -0.1) is 0 Å². The highest BCUT2D eigenvalue weighted by atomic mass is 35.5. The maximum Gasteiger partial charge on any atom is 0.373 e. The Kier molecular flexibility index (Phi) is 14.3. The van der Waals surface area contributed by atoms with E-state index < -0.39 is 23.3 Å². The molecule has 1 heterocycles. The van der Waals surface area contributed by atoms with Crippen molar-refractivity contribution in [3.63, 3.8) is 0 Å². The van der Waals surface area contributed by atoms with E-state index in [0.717, 1.165) is 5.57 Å². The molecule has 214 valence electrons. The summed E-state index contributed by atoms with van der Waals surface area (Å²) in [6, 6.07) is -0.797. The number of halogens is 1. The van der Waals surface area contributed by atoms with E-state index in [1.807, 2.05) is 46.8 Å². The van der Waals surface area contributed by atoms with Crippen LogP contribution in [0, 0.1) is 11.3 Å². The largest absolute Gasteiger partial charge is 0.490 e. The number of carbonyl (C=O) groups excluding carboxylic acids is 4. The van der Waals surface area contributed by atoms with Crippen LogP contribution < -0.4 is 10.6 Å². The fourth-order valence-corrected chi connectivity index (χ4v) is 3.66. The number of hydrogen-bond donors (Lipinski definition) is 2. The SMILES string of the molecule is COC1=CC[C@@H]([C@@H](C)/C=C(C)/C=C\C=C/C(=O)N[C@H](C(=O)N/C=C\CC(=O)C/C=C(\C)Cl)C(C)(C)C)OC1=O. The first-order valence-electron chi connectivity index (χ1n) is 12.8. The van der Waals surface area contributed by atoms with Crippen LogP contribution in [-0.4, -0.2) is 42.8 Å². The minimum Gasteiger partial charge on any atom is -0.490 e. The van der Waals surface area contributed by atoms with E-state index in [9.17, 15) is 19.2 Å². The van der Waals surface area contributed by atoms with Crippen molar-refractivity contribution in [1.82, 2.24) is 10.6 Å². The van der Waals surface area contributed by atoms with E-state index >= 15 is 0 Å². The molecule has 3 atom stereocenters. The highest BCUT2D eigenvalue weighted by molar-refractivity contribution is 6.29. The van der Waals surface area contributed by atoms with Crippen LogP contribution in [0.3, 0.4) is 0 Å². The lowest BCUT2D eigenvalue weighted by Crippen LogP contribution is -2.52. The standard InChI is InChI=1S/C30H41ClN2O6/c1-20(19-21(2)24-16-17-25(38-7)29(37)39-24)11-8-9-13-26(35)33-27(30(4,5)6)28(36)32-18-10-12-23(34)15-14-22(3)31/h8-11,13-14,17-19,21,24,27H,12,15-16H2,1-7H3,(H,32,36)(H,33,35)/b11-8-,13-9-,18-10-,20-19+,22-14+/t21-,24-,27+/m0/s1. The molecule has 8 nitrogen and oxygen atoms in total. The van der Waals surface area contributed by atoms with Crippen LogP contribution >= 0.6 is 11.6 Å². The van der Waals surface area contributed by atoms with E-state index in [2.05, 4.69) is 10.6 Å². The third kappa shape index (κ3) is 13.3. The molecule has 0 bridgehead atoms. The number of Topliss-reactive ketones (excluding diaryl/α,β-unsaturated/α-hetero) is 1. The second kappa shape index (κ2) is 16.5. The topological polar surface area (TPSA) is 111 Å². The molecule has 0 radical (unpaired) electrons. The van der Waals surface area contributed by atoms with E-state index in [-0.39, 0.29) is 42.3 Å². The summed E-state index contributed by atoms with van der Waals surface area (Å²) in [7, 11) is 1.44. The van der Waals surface area contributed by atoms with Gasteiger partial charge < -0.3 is 20.1 Å². The van der Waals surface area contributed by atoms with Gasteiger partial charge in [0.25, 0.3) is 0 Å². The highest BCUT2D eigenvalue weighted by Crippen LogP contribution is 2.23. The number of amides is 2. The average Bonchev–Trinajstić information content (AvgIpc) is 2.85. The smallest absolute Gasteiger partial charge is 0.373 e. The first kappa shape index (κ1) is 33.6. The van der Waals surface area contributed by atoms with Crippen molar-refractivity contribution in [3.8, 4) is 0 Å². The zero-order valence-corrected chi connectivity index (χ0v) is 24.6. The number of ether oxygens (including phenoxy) is 2. The monoisotopic (exact) mass is 560 g/mol. The van der Waals surface area contributed by atoms with E-state index in [0.29, 0.717) is 11.5 Å². The zero-order valence-electron chi connectivity index (χ0n) is 23.9. The molecule has 0 aliphatic carbocycles. The van der Waals surface area contributed by atoms with Gasteiger partial charge in [-0.1, -0.05) is 81.3 Å². The van der Waals surface area contributed by atoms with E-state index in [4.69, 9.17) is 21.1 Å². The highest BCUT2D eigenvalue weighted by Gasteiger charge is 2.32. The van der Waals surface area contributed by atoms with Crippen molar-refractivity contribution in [2.75, 3.05) is 7.11 Å². The van der Waals surface area contributed by atoms with Gasteiger partial charge in [0.2, 0.25) is 11.8 Å². The summed E-state index contributed by atoms with van der Waals surface area (Å²) in [5, 5.41) is 5.93. The molecule has 0 spiro atoms. The van der Waals surface area contributed by atoms with Crippen LogP contribution in [0.4, 0.5) is 0 Å². The number of carbonyl (C=O) groups is 4. The minimum absolute atomic E-state index is 0.00886. The van der Waals surface area contributed by atoms with Crippen LogP contribution in [0.25, 0.3) is 0 Å². The Labute approximate surface area is 236 Å². The van der Waals surface area contributed by atoms with Crippen LogP contribution in [0.5, 0.6) is 0 Å². The Balaban J connectivity index is 2.64. The Morgan fingerprint density at radius 2 is 1.85 bits per heavy atom. The molecule has 1 aliphatic heterocycles. The molecular weight excluding hydrogens is 520 g/mol. The van der Waals surface area contributed by atoms with Crippen LogP contribution in [-0.2, 0) is 28.7 Å². The molecule has 0 saturated carbocycles. The lowest BCUT2D eigenvalue weighted by molar-refractivity contribution is -0.151. The number of cyclic esters (lactones) is 1. The fraction of sp³-hybridized carbons (Fsp3) is 0.467. The summed E-state index contributed by atoms with van der Waals surface area (Å²) in [6.45, 7) is 11.1. The van der Waals surface area contributed by atoms with Gasteiger partial charge >= 0.3 is 5.97 Å². The van der Waals surface area contributed by atoms with Gasteiger partial charge in [-0.25, -0.2) is 4.79 Å². The van der Waals surface area contributed by atoms with Gasteiger partial charge in [-0.05, 0) is 25.3 Å². The number of hydrogen-bond acceptors (Lipinski definition) is 6. The maximum atomic E-state index is 12.7. The van der Waals surface area contributed by atoms with Crippen molar-refractivity contribution < 1.29 is 28.7 Å². The van der Waals surface area contributed by atoms with Crippen molar-refractivity contribution in [2.24, 2.45) is 11.3 Å². The molecule has 0 unspecified atom stereocenters. The molecular formula is C30H41ClN2O6. The molecule has 0 aromatic rings. The average molecular weight is 561 g/mol. The summed E-state index contributed by atoms with van der Waals surface area (Å²) in [5.41, 5.74) is 0.392. The quantitative estimate of drug-likeness (QED) is 0.182. The van der Waals surface area contributed by atoms with Gasteiger partial charge in [0.1, 0.15) is 17.9 Å². The maximum absolute atomic E-state index is 12.7. The lowest BCUT2D eigenvalue weighted by Gasteiger charge is -2.29. The van der Waals surface area contributed by atoms with E-state index in [1.165, 1.54) is 19.4 Å². The lowest BCUT2D eigenvalue weighted by atomic mass is 9.86. The second-order valence-electron chi connectivity index (χ2n) is 10.4. The van der Waals surface area contributed by atoms with Crippen LogP contribution in [0.1, 0.15) is 60.8 Å². The number of allylic oxidation sites excluding steroid dienone is 7. The number of rotatable bonds is 13. The van der Waals surface area contributed by atoms with E-state index in [1.54, 1.807) is 37.3 Å². The van der Waals surface area contributed by atoms with Gasteiger partial charge in [0.15, 0.2) is 5.76 Å². The molecule has 2 amide bonds. The fourth-order valence-electron chi connectivity index (χ4n) is 3.58. The van der Waals surface area contributed by atoms with Crippen molar-refractivity contribution in [1.29, 1.82) is 0 Å². The molecule has 0 saturated heterocycles. The Bertz CT molecular complexity index is 1070. The van der Waals surface area contributed by atoms with Crippen LogP contribution in [0.15, 0.2) is 71.2 Å². The number of ketones is 1. The Morgan fingerprint density at radius 1 is 1.18 bits per heavy atom. The van der Waals surface area contributed by atoms with Crippen molar-refractivity contribution >= 4 is 35.2 Å². The predicted molar refractivity (Wildman–Crippen MR) is 153 cm³/mol. The summed E-state index contributed by atoms with van der Waals surface area (Å²) in [6.07, 6.45) is 15.5. The molecule has 9 heteroatoms. The summed E-state index contributed by atoms with van der Waals surface area (Å²) in [4.78, 5) is 48.9. The van der Waals surface area contributed by atoms with Crippen LogP contribution in [0.2, 0.25) is 0 Å². The Morgan fingerprint density at radius 3 is 2.44 bits per heavy atom. The number of esters is 1. The Hall–Kier alpha value is -3.39. The molecule has 1 rings (SSSR count).